The molecule has 2 aromatic heterocycles. The number of likely N-dealkylation sites (tertiary alicyclic amines) is 1. The van der Waals surface area contributed by atoms with Crippen LogP contribution in [-0.2, 0) is 11.2 Å². The third-order valence-electron chi connectivity index (χ3n) is 4.57. The van der Waals surface area contributed by atoms with Crippen LogP contribution in [0.3, 0.4) is 0 Å². The van der Waals surface area contributed by atoms with Gasteiger partial charge in [-0.3, -0.25) is 14.6 Å². The quantitative estimate of drug-likeness (QED) is 0.819. The number of amides is 1. The zero-order valence-corrected chi connectivity index (χ0v) is 16.8. The highest BCUT2D eigenvalue weighted by Gasteiger charge is 2.30. The van der Waals surface area contributed by atoms with E-state index in [4.69, 9.17) is 4.74 Å². The smallest absolute Gasteiger partial charge is 0.410 e. The number of rotatable bonds is 4. The number of carbonyl (C=O) groups excluding carboxylic acids is 1. The summed E-state index contributed by atoms with van der Waals surface area (Å²) < 4.78 is 7.37. The molecule has 0 radical (unpaired) electrons. The minimum absolute atomic E-state index is 0.228. The molecule has 7 heteroatoms. The maximum Gasteiger partial charge on any atom is 0.410 e. The minimum atomic E-state index is -0.458. The van der Waals surface area contributed by atoms with Gasteiger partial charge in [-0.15, -0.1) is 0 Å². The number of nitrogens with zero attached hydrogens (tertiary/aromatic N) is 5. The van der Waals surface area contributed by atoms with Crippen LogP contribution in [0.1, 0.15) is 52.8 Å². The zero-order chi connectivity index (χ0) is 19.6. The molecule has 2 aromatic rings. The van der Waals surface area contributed by atoms with Crippen molar-refractivity contribution in [2.75, 3.05) is 13.1 Å². The largest absolute Gasteiger partial charge is 0.444 e. The van der Waals surface area contributed by atoms with Gasteiger partial charge in [0.05, 0.1) is 23.8 Å². The normalized spacial score (nSPS) is 17.6. The van der Waals surface area contributed by atoms with Crippen LogP contribution in [0.15, 0.2) is 24.8 Å². The number of hydrogen-bond donors (Lipinski definition) is 0. The monoisotopic (exact) mass is 371 g/mol. The molecular weight excluding hydrogens is 342 g/mol. The van der Waals surface area contributed by atoms with Crippen LogP contribution in [0.25, 0.3) is 11.3 Å². The molecule has 146 valence electrons. The van der Waals surface area contributed by atoms with E-state index in [1.807, 2.05) is 44.0 Å². The Balaban J connectivity index is 1.56. The summed E-state index contributed by atoms with van der Waals surface area (Å²) in [6.45, 7) is 11.3. The lowest BCUT2D eigenvalue weighted by molar-refractivity contribution is 0.0288. The molecule has 0 aliphatic carbocycles. The third-order valence-corrected chi connectivity index (χ3v) is 4.57. The van der Waals surface area contributed by atoms with E-state index in [-0.39, 0.29) is 6.09 Å². The molecule has 0 N–H and O–H groups in total. The van der Waals surface area contributed by atoms with Crippen molar-refractivity contribution in [2.24, 2.45) is 5.92 Å². The van der Waals surface area contributed by atoms with Gasteiger partial charge < -0.3 is 9.64 Å². The van der Waals surface area contributed by atoms with Crippen molar-refractivity contribution >= 4 is 6.09 Å². The molecule has 1 saturated heterocycles. The first-order valence-corrected chi connectivity index (χ1v) is 9.54. The number of hydrogen-bond acceptors (Lipinski definition) is 5. The average molecular weight is 371 g/mol. The van der Waals surface area contributed by atoms with Gasteiger partial charge in [-0.1, -0.05) is 0 Å². The summed E-state index contributed by atoms with van der Waals surface area (Å²) in [4.78, 5) is 23.1. The highest BCUT2D eigenvalue weighted by molar-refractivity contribution is 5.68. The van der Waals surface area contributed by atoms with E-state index in [1.165, 1.54) is 0 Å². The van der Waals surface area contributed by atoms with Crippen molar-refractivity contribution in [1.29, 1.82) is 0 Å². The summed E-state index contributed by atoms with van der Waals surface area (Å²) in [7, 11) is 0. The van der Waals surface area contributed by atoms with Crippen molar-refractivity contribution in [3.63, 3.8) is 0 Å². The lowest BCUT2D eigenvalue weighted by atomic mass is 10.0. The fraction of sp³-hybridized carbons (Fsp3) is 0.600. The lowest BCUT2D eigenvalue weighted by Crippen LogP contribution is -2.35. The predicted molar refractivity (Wildman–Crippen MR) is 103 cm³/mol. The maximum atomic E-state index is 12.2. The van der Waals surface area contributed by atoms with Gasteiger partial charge in [-0.2, -0.15) is 5.10 Å². The Morgan fingerprint density at radius 3 is 2.63 bits per heavy atom. The van der Waals surface area contributed by atoms with Crippen molar-refractivity contribution in [2.45, 2.75) is 59.1 Å². The van der Waals surface area contributed by atoms with Gasteiger partial charge in [0.1, 0.15) is 5.60 Å². The minimum Gasteiger partial charge on any atom is -0.444 e. The van der Waals surface area contributed by atoms with Crippen LogP contribution in [-0.4, -0.2) is 49.4 Å². The van der Waals surface area contributed by atoms with Crippen molar-refractivity contribution in [3.05, 3.63) is 30.5 Å². The van der Waals surface area contributed by atoms with Crippen LogP contribution >= 0.6 is 0 Å². The van der Waals surface area contributed by atoms with E-state index in [0.717, 1.165) is 36.3 Å². The molecule has 1 aliphatic rings. The van der Waals surface area contributed by atoms with Gasteiger partial charge in [-0.05, 0) is 53.4 Å². The molecule has 1 aliphatic heterocycles. The van der Waals surface area contributed by atoms with Crippen LogP contribution in [0, 0.1) is 5.92 Å². The van der Waals surface area contributed by atoms with Crippen molar-refractivity contribution < 1.29 is 9.53 Å². The molecule has 0 aromatic carbocycles. The second-order valence-corrected chi connectivity index (χ2v) is 8.48. The second kappa shape index (κ2) is 7.66. The molecule has 0 spiro atoms. The molecule has 1 fully saturated rings. The van der Waals surface area contributed by atoms with Gasteiger partial charge in [0.15, 0.2) is 0 Å². The van der Waals surface area contributed by atoms with Gasteiger partial charge in [0.2, 0.25) is 0 Å². The fourth-order valence-electron chi connectivity index (χ4n) is 3.15. The number of aromatic nitrogens is 4. The van der Waals surface area contributed by atoms with E-state index in [9.17, 15) is 4.79 Å². The Morgan fingerprint density at radius 1 is 1.26 bits per heavy atom. The van der Waals surface area contributed by atoms with E-state index in [2.05, 4.69) is 28.9 Å². The van der Waals surface area contributed by atoms with Crippen LogP contribution in [0.5, 0.6) is 0 Å². The molecular formula is C20H29N5O2. The first-order valence-electron chi connectivity index (χ1n) is 9.54. The van der Waals surface area contributed by atoms with Gasteiger partial charge >= 0.3 is 6.09 Å². The van der Waals surface area contributed by atoms with Gasteiger partial charge in [0.25, 0.3) is 0 Å². The summed E-state index contributed by atoms with van der Waals surface area (Å²) in [5, 5.41) is 4.35. The van der Waals surface area contributed by atoms with Gasteiger partial charge in [0, 0.05) is 37.1 Å². The number of ether oxygens (including phenoxy) is 1. The summed E-state index contributed by atoms with van der Waals surface area (Å²) in [5.41, 5.74) is 2.29. The first-order chi connectivity index (χ1) is 12.7. The summed E-state index contributed by atoms with van der Waals surface area (Å²) in [6, 6.07) is 0.321. The highest BCUT2D eigenvalue weighted by Crippen LogP contribution is 2.23. The predicted octanol–water partition coefficient (Wildman–Crippen LogP) is 3.72. The molecule has 3 rings (SSSR count). The molecule has 7 nitrogen and oxygen atoms in total. The molecule has 0 saturated carbocycles. The molecule has 1 atom stereocenters. The zero-order valence-electron chi connectivity index (χ0n) is 16.8. The van der Waals surface area contributed by atoms with E-state index >= 15 is 0 Å². The molecule has 0 bridgehead atoms. The number of carbonyl (C=O) groups is 1. The summed E-state index contributed by atoms with van der Waals surface area (Å²) >= 11 is 0. The molecule has 1 unspecified atom stereocenters. The SMILES string of the molecule is CC(C)n1cc(-c2cnc(CC3CCN(C(=O)OC(C)(C)C)C3)cn2)cn1. The van der Waals surface area contributed by atoms with Crippen molar-refractivity contribution in [1.82, 2.24) is 24.6 Å². The Kier molecular flexibility index (Phi) is 5.48. The molecule has 1 amide bonds. The maximum absolute atomic E-state index is 12.2. The standard InChI is InChI=1S/C20H29N5O2/c1-14(2)25-13-16(9-23-25)18-11-21-17(10-22-18)8-15-6-7-24(12-15)19(26)27-20(3,4)5/h9-11,13-15H,6-8,12H2,1-5H3. The molecule has 27 heavy (non-hydrogen) atoms. The topological polar surface area (TPSA) is 73.1 Å². The second-order valence-electron chi connectivity index (χ2n) is 8.48. The Morgan fingerprint density at radius 2 is 2.04 bits per heavy atom. The average Bonchev–Trinajstić information content (AvgIpc) is 3.23. The third kappa shape index (κ3) is 5.05. The van der Waals surface area contributed by atoms with E-state index in [1.54, 1.807) is 11.1 Å². The highest BCUT2D eigenvalue weighted by atomic mass is 16.6. The van der Waals surface area contributed by atoms with E-state index < -0.39 is 5.60 Å². The fourth-order valence-corrected chi connectivity index (χ4v) is 3.15. The van der Waals surface area contributed by atoms with Gasteiger partial charge in [-0.25, -0.2) is 4.79 Å². The Labute approximate surface area is 160 Å². The van der Waals surface area contributed by atoms with Crippen LogP contribution in [0.2, 0.25) is 0 Å². The lowest BCUT2D eigenvalue weighted by Gasteiger charge is -2.24. The Hall–Kier alpha value is -2.44. The van der Waals surface area contributed by atoms with Crippen LogP contribution in [0.4, 0.5) is 4.79 Å². The van der Waals surface area contributed by atoms with Crippen LogP contribution < -0.4 is 0 Å². The first kappa shape index (κ1) is 19.3. The van der Waals surface area contributed by atoms with E-state index in [0.29, 0.717) is 18.5 Å². The summed E-state index contributed by atoms with van der Waals surface area (Å²) in [6.07, 6.45) is 8.99. The molecule has 3 heterocycles. The Bertz CT molecular complexity index is 776. The summed E-state index contributed by atoms with van der Waals surface area (Å²) in [5.74, 6) is 0.390. The van der Waals surface area contributed by atoms with Crippen molar-refractivity contribution in [3.8, 4) is 11.3 Å².